The summed E-state index contributed by atoms with van der Waals surface area (Å²) in [6, 6.07) is 10.2. The summed E-state index contributed by atoms with van der Waals surface area (Å²) in [5.41, 5.74) is 1.00. The van der Waals surface area contributed by atoms with Crippen molar-refractivity contribution in [1.29, 1.82) is 0 Å². The first kappa shape index (κ1) is 16.1. The summed E-state index contributed by atoms with van der Waals surface area (Å²) in [6.07, 6.45) is 6.48. The summed E-state index contributed by atoms with van der Waals surface area (Å²) in [6.45, 7) is 2.23. The third kappa shape index (κ3) is 4.13. The van der Waals surface area contributed by atoms with Gasteiger partial charge in [-0.05, 0) is 30.9 Å². The summed E-state index contributed by atoms with van der Waals surface area (Å²) in [5.74, 6) is 1.02. The first-order valence-corrected chi connectivity index (χ1v) is 9.10. The maximum atomic E-state index is 12.2. The number of carbonyl (C=O) groups excluding carboxylic acids is 1. The number of nitrogens with one attached hydrogen (secondary N) is 1. The summed E-state index contributed by atoms with van der Waals surface area (Å²) in [7, 11) is 0. The third-order valence-corrected chi connectivity index (χ3v) is 5.28. The molecule has 122 valence electrons. The highest BCUT2D eigenvalue weighted by Gasteiger charge is 2.22. The van der Waals surface area contributed by atoms with Gasteiger partial charge in [-0.25, -0.2) is 0 Å². The highest BCUT2D eigenvalue weighted by Crippen LogP contribution is 2.24. The lowest BCUT2D eigenvalue weighted by molar-refractivity contribution is -0.119. The SMILES string of the molecule is C[C@@H]1CCCC[C@H]1NC(=O)CSc1nncn1-c1ccccc1. The van der Waals surface area contributed by atoms with Crippen LogP contribution in [0, 0.1) is 5.92 Å². The molecule has 6 heteroatoms. The van der Waals surface area contributed by atoms with Crippen LogP contribution >= 0.6 is 11.8 Å². The van der Waals surface area contributed by atoms with Crippen molar-refractivity contribution in [2.24, 2.45) is 5.92 Å². The Kier molecular flexibility index (Phi) is 5.33. The average molecular weight is 330 g/mol. The van der Waals surface area contributed by atoms with Crippen LogP contribution in [0.15, 0.2) is 41.8 Å². The molecule has 0 bridgehead atoms. The van der Waals surface area contributed by atoms with Gasteiger partial charge >= 0.3 is 0 Å². The van der Waals surface area contributed by atoms with Crippen molar-refractivity contribution < 1.29 is 4.79 Å². The fraction of sp³-hybridized carbons (Fsp3) is 0.471. The van der Waals surface area contributed by atoms with Crippen LogP contribution in [0.5, 0.6) is 0 Å². The van der Waals surface area contributed by atoms with Crippen molar-refractivity contribution in [3.8, 4) is 5.69 Å². The van der Waals surface area contributed by atoms with Gasteiger partial charge in [-0.3, -0.25) is 9.36 Å². The number of rotatable bonds is 5. The fourth-order valence-electron chi connectivity index (χ4n) is 3.00. The Labute approximate surface area is 140 Å². The quantitative estimate of drug-likeness (QED) is 0.856. The van der Waals surface area contributed by atoms with Gasteiger partial charge in [-0.15, -0.1) is 10.2 Å². The van der Waals surface area contributed by atoms with Gasteiger partial charge < -0.3 is 5.32 Å². The Morgan fingerprint density at radius 2 is 2.09 bits per heavy atom. The van der Waals surface area contributed by atoms with E-state index in [1.807, 2.05) is 34.9 Å². The smallest absolute Gasteiger partial charge is 0.230 e. The van der Waals surface area contributed by atoms with E-state index in [1.54, 1.807) is 6.33 Å². The van der Waals surface area contributed by atoms with Crippen LogP contribution < -0.4 is 5.32 Å². The minimum absolute atomic E-state index is 0.0800. The number of carbonyl (C=O) groups is 1. The second-order valence-corrected chi connectivity index (χ2v) is 6.99. The second kappa shape index (κ2) is 7.64. The standard InChI is InChI=1S/C17H22N4OS/c1-13-7-5-6-10-15(13)19-16(22)11-23-17-20-18-12-21(17)14-8-3-2-4-9-14/h2-4,8-9,12-13,15H,5-7,10-11H2,1H3,(H,19,22)/t13-,15-/m1/s1. The molecule has 0 saturated heterocycles. The van der Waals surface area contributed by atoms with Crippen molar-refractivity contribution in [3.05, 3.63) is 36.7 Å². The summed E-state index contributed by atoms with van der Waals surface area (Å²) in [5, 5.41) is 12.0. The van der Waals surface area contributed by atoms with Gasteiger partial charge in [0.15, 0.2) is 5.16 Å². The maximum absolute atomic E-state index is 12.2. The predicted molar refractivity (Wildman–Crippen MR) is 91.6 cm³/mol. The van der Waals surface area contributed by atoms with E-state index in [9.17, 15) is 4.79 Å². The lowest BCUT2D eigenvalue weighted by Gasteiger charge is -2.29. The molecule has 2 atom stereocenters. The number of amides is 1. The molecule has 1 N–H and O–H groups in total. The highest BCUT2D eigenvalue weighted by molar-refractivity contribution is 7.99. The zero-order chi connectivity index (χ0) is 16.1. The molecular formula is C17H22N4OS. The van der Waals surface area contributed by atoms with E-state index in [4.69, 9.17) is 0 Å². The molecule has 5 nitrogen and oxygen atoms in total. The molecule has 1 amide bonds. The number of nitrogens with zero attached hydrogens (tertiary/aromatic N) is 3. The van der Waals surface area contributed by atoms with Crippen LogP contribution in [0.2, 0.25) is 0 Å². The van der Waals surface area contributed by atoms with Gasteiger partial charge in [-0.1, -0.05) is 49.7 Å². The van der Waals surface area contributed by atoms with Gasteiger partial charge in [-0.2, -0.15) is 0 Å². The molecular weight excluding hydrogens is 308 g/mol. The molecule has 0 aliphatic heterocycles. The molecule has 1 saturated carbocycles. The highest BCUT2D eigenvalue weighted by atomic mass is 32.2. The molecule has 3 rings (SSSR count). The normalized spacial score (nSPS) is 21.1. The van der Waals surface area contributed by atoms with Crippen LogP contribution in [-0.2, 0) is 4.79 Å². The lowest BCUT2D eigenvalue weighted by Crippen LogP contribution is -2.41. The number of hydrogen-bond donors (Lipinski definition) is 1. The Balaban J connectivity index is 1.57. The molecule has 1 aromatic heterocycles. The first-order valence-electron chi connectivity index (χ1n) is 8.11. The van der Waals surface area contributed by atoms with Gasteiger partial charge in [0, 0.05) is 11.7 Å². The van der Waals surface area contributed by atoms with E-state index in [1.165, 1.54) is 31.0 Å². The van der Waals surface area contributed by atoms with E-state index < -0.39 is 0 Å². The van der Waals surface area contributed by atoms with Gasteiger partial charge in [0.25, 0.3) is 0 Å². The van der Waals surface area contributed by atoms with Gasteiger partial charge in [0.05, 0.1) is 5.75 Å². The minimum Gasteiger partial charge on any atom is -0.352 e. The molecule has 0 unspecified atom stereocenters. The van der Waals surface area contributed by atoms with Crippen LogP contribution in [0.1, 0.15) is 32.6 Å². The molecule has 23 heavy (non-hydrogen) atoms. The minimum atomic E-state index is 0.0800. The van der Waals surface area contributed by atoms with Crippen molar-refractivity contribution >= 4 is 17.7 Å². The lowest BCUT2D eigenvalue weighted by atomic mass is 9.86. The zero-order valence-electron chi connectivity index (χ0n) is 13.3. The number of para-hydroxylation sites is 1. The van der Waals surface area contributed by atoms with Gasteiger partial charge in [0.1, 0.15) is 6.33 Å². The van der Waals surface area contributed by atoms with E-state index in [-0.39, 0.29) is 5.91 Å². The van der Waals surface area contributed by atoms with Gasteiger partial charge in [0.2, 0.25) is 5.91 Å². The maximum Gasteiger partial charge on any atom is 0.230 e. The van der Waals surface area contributed by atoms with Crippen molar-refractivity contribution in [3.63, 3.8) is 0 Å². The Bertz CT molecular complexity index is 643. The van der Waals surface area contributed by atoms with E-state index in [0.717, 1.165) is 17.3 Å². The molecule has 1 aliphatic carbocycles. The van der Waals surface area contributed by atoms with Crippen molar-refractivity contribution in [2.45, 2.75) is 43.8 Å². The van der Waals surface area contributed by atoms with E-state index >= 15 is 0 Å². The number of aromatic nitrogens is 3. The average Bonchev–Trinajstić information content (AvgIpc) is 3.04. The number of thioether (sulfide) groups is 1. The monoisotopic (exact) mass is 330 g/mol. The molecule has 2 aromatic rings. The molecule has 1 aliphatic rings. The Morgan fingerprint density at radius 3 is 2.87 bits per heavy atom. The Hall–Kier alpha value is -1.82. The third-order valence-electron chi connectivity index (χ3n) is 4.34. The largest absolute Gasteiger partial charge is 0.352 e. The van der Waals surface area contributed by atoms with E-state index in [2.05, 4.69) is 22.4 Å². The summed E-state index contributed by atoms with van der Waals surface area (Å²) in [4.78, 5) is 12.2. The van der Waals surface area contributed by atoms with Crippen LogP contribution in [0.25, 0.3) is 5.69 Å². The van der Waals surface area contributed by atoms with Crippen LogP contribution in [-0.4, -0.2) is 32.5 Å². The summed E-state index contributed by atoms with van der Waals surface area (Å²) < 4.78 is 1.90. The van der Waals surface area contributed by atoms with Crippen LogP contribution in [0.3, 0.4) is 0 Å². The van der Waals surface area contributed by atoms with Crippen molar-refractivity contribution in [1.82, 2.24) is 20.1 Å². The van der Waals surface area contributed by atoms with Crippen LogP contribution in [0.4, 0.5) is 0 Å². The number of benzene rings is 1. The molecule has 1 aromatic carbocycles. The molecule has 1 fully saturated rings. The van der Waals surface area contributed by atoms with Crippen molar-refractivity contribution in [2.75, 3.05) is 5.75 Å². The number of hydrogen-bond acceptors (Lipinski definition) is 4. The van der Waals surface area contributed by atoms with E-state index in [0.29, 0.717) is 17.7 Å². The topological polar surface area (TPSA) is 59.8 Å². The summed E-state index contributed by atoms with van der Waals surface area (Å²) >= 11 is 1.42. The zero-order valence-corrected chi connectivity index (χ0v) is 14.1. The predicted octanol–water partition coefficient (Wildman–Crippen LogP) is 3.05. The molecule has 1 heterocycles. The molecule has 0 radical (unpaired) electrons. The molecule has 0 spiro atoms. The fourth-order valence-corrected chi connectivity index (χ4v) is 3.74. The Morgan fingerprint density at radius 1 is 1.30 bits per heavy atom. The first-order chi connectivity index (χ1) is 11.2. The second-order valence-electron chi connectivity index (χ2n) is 6.04.